The Morgan fingerprint density at radius 1 is 1.06 bits per heavy atom. The van der Waals surface area contributed by atoms with Gasteiger partial charge in [-0.25, -0.2) is 0 Å². The van der Waals surface area contributed by atoms with Crippen LogP contribution in [0.25, 0.3) is 0 Å². The molecule has 2 aromatic carbocycles. The molecule has 0 heterocycles. The molecule has 0 N–H and O–H groups in total. The van der Waals surface area contributed by atoms with Crippen LogP contribution in [0.5, 0.6) is 5.75 Å². The van der Waals surface area contributed by atoms with E-state index in [-0.39, 0.29) is 5.78 Å². The van der Waals surface area contributed by atoms with E-state index in [2.05, 4.69) is 0 Å². The predicted molar refractivity (Wildman–Crippen MR) is 67.6 cm³/mol. The lowest BCUT2D eigenvalue weighted by Crippen LogP contribution is -2.03. The van der Waals surface area contributed by atoms with Crippen molar-refractivity contribution in [1.82, 2.24) is 0 Å². The van der Waals surface area contributed by atoms with Gasteiger partial charge in [0.2, 0.25) is 0 Å². The lowest BCUT2D eigenvalue weighted by Gasteiger charge is -2.07. The molecule has 0 fully saturated rings. The number of hydrogen-bond acceptors (Lipinski definition) is 2. The van der Waals surface area contributed by atoms with Gasteiger partial charge in [-0.3, -0.25) is 4.79 Å². The van der Waals surface area contributed by atoms with Crippen molar-refractivity contribution >= 4 is 5.78 Å². The molecule has 0 spiro atoms. The van der Waals surface area contributed by atoms with Crippen LogP contribution in [0.4, 0.5) is 0 Å². The Hall–Kier alpha value is -2.09. The molecule has 2 aromatic rings. The fourth-order valence-corrected chi connectivity index (χ4v) is 1.72. The number of methoxy groups -OCH3 is 1. The third kappa shape index (κ3) is 2.36. The van der Waals surface area contributed by atoms with Crippen LogP contribution in [0.2, 0.25) is 0 Å². The van der Waals surface area contributed by atoms with E-state index in [1.807, 2.05) is 49.4 Å². The molecular weight excluding hydrogens is 212 g/mol. The zero-order chi connectivity index (χ0) is 12.3. The minimum Gasteiger partial charge on any atom is -0.497 e. The lowest BCUT2D eigenvalue weighted by molar-refractivity contribution is 0.103. The standard InChI is InChI=1S/C15H14O2/c1-11-8-9-13(17-2)10-14(11)15(16)12-6-4-3-5-7-12/h3-10H,1-2H3. The number of hydrogen-bond donors (Lipinski definition) is 0. The van der Waals surface area contributed by atoms with Crippen molar-refractivity contribution in [1.29, 1.82) is 0 Å². The predicted octanol–water partition coefficient (Wildman–Crippen LogP) is 3.23. The normalized spacial score (nSPS) is 10.0. The van der Waals surface area contributed by atoms with E-state index in [1.165, 1.54) is 0 Å². The van der Waals surface area contributed by atoms with Gasteiger partial charge in [-0.1, -0.05) is 36.4 Å². The summed E-state index contributed by atoms with van der Waals surface area (Å²) in [4.78, 5) is 12.3. The number of benzene rings is 2. The number of carbonyl (C=O) groups is 1. The molecule has 86 valence electrons. The first-order valence-corrected chi connectivity index (χ1v) is 5.47. The van der Waals surface area contributed by atoms with Gasteiger partial charge in [0.05, 0.1) is 7.11 Å². The molecule has 0 aliphatic heterocycles. The van der Waals surface area contributed by atoms with Crippen LogP contribution in [0, 0.1) is 6.92 Å². The molecule has 0 unspecified atom stereocenters. The van der Waals surface area contributed by atoms with Crippen LogP contribution in [0.1, 0.15) is 21.5 Å². The molecular formula is C15H14O2. The molecule has 2 nitrogen and oxygen atoms in total. The van der Waals surface area contributed by atoms with Gasteiger partial charge in [0, 0.05) is 11.1 Å². The number of rotatable bonds is 3. The summed E-state index contributed by atoms with van der Waals surface area (Å²) in [6.07, 6.45) is 0. The van der Waals surface area contributed by atoms with E-state index in [9.17, 15) is 4.79 Å². The first-order chi connectivity index (χ1) is 8.22. The van der Waals surface area contributed by atoms with Gasteiger partial charge in [0.1, 0.15) is 5.75 Å². The summed E-state index contributed by atoms with van der Waals surface area (Å²) in [6, 6.07) is 14.8. The highest BCUT2D eigenvalue weighted by molar-refractivity contribution is 6.10. The molecule has 2 heteroatoms. The maximum absolute atomic E-state index is 12.3. The summed E-state index contributed by atoms with van der Waals surface area (Å²) in [5.74, 6) is 0.733. The van der Waals surface area contributed by atoms with Crippen LogP contribution in [-0.2, 0) is 0 Å². The monoisotopic (exact) mass is 226 g/mol. The molecule has 0 aliphatic carbocycles. The average Bonchev–Trinajstić information content (AvgIpc) is 2.39. The Morgan fingerprint density at radius 3 is 2.41 bits per heavy atom. The van der Waals surface area contributed by atoms with Crippen LogP contribution in [0.15, 0.2) is 48.5 Å². The molecule has 0 bridgehead atoms. The van der Waals surface area contributed by atoms with Gasteiger partial charge in [-0.2, -0.15) is 0 Å². The van der Waals surface area contributed by atoms with E-state index < -0.39 is 0 Å². The summed E-state index contributed by atoms with van der Waals surface area (Å²) in [5, 5.41) is 0. The second-order valence-corrected chi connectivity index (χ2v) is 3.88. The van der Waals surface area contributed by atoms with Crippen molar-refractivity contribution < 1.29 is 9.53 Å². The summed E-state index contributed by atoms with van der Waals surface area (Å²) >= 11 is 0. The zero-order valence-electron chi connectivity index (χ0n) is 9.94. The molecule has 0 amide bonds. The number of aryl methyl sites for hydroxylation is 1. The minimum absolute atomic E-state index is 0.0296. The Bertz CT molecular complexity index is 530. The molecule has 0 atom stereocenters. The van der Waals surface area contributed by atoms with E-state index >= 15 is 0 Å². The zero-order valence-corrected chi connectivity index (χ0v) is 9.94. The van der Waals surface area contributed by atoms with Gasteiger partial charge < -0.3 is 4.74 Å². The third-order valence-corrected chi connectivity index (χ3v) is 2.73. The van der Waals surface area contributed by atoms with Crippen LogP contribution in [0.3, 0.4) is 0 Å². The van der Waals surface area contributed by atoms with Gasteiger partial charge in [0.25, 0.3) is 0 Å². The summed E-state index contributed by atoms with van der Waals surface area (Å²) in [7, 11) is 1.60. The fourth-order valence-electron chi connectivity index (χ4n) is 1.72. The lowest BCUT2D eigenvalue weighted by atomic mass is 9.99. The topological polar surface area (TPSA) is 26.3 Å². The van der Waals surface area contributed by atoms with Gasteiger partial charge in [-0.15, -0.1) is 0 Å². The number of carbonyl (C=O) groups excluding carboxylic acids is 1. The first-order valence-electron chi connectivity index (χ1n) is 5.47. The maximum Gasteiger partial charge on any atom is 0.193 e. The number of ether oxygens (including phenoxy) is 1. The smallest absolute Gasteiger partial charge is 0.193 e. The number of ketones is 1. The Labute approximate surface area is 101 Å². The van der Waals surface area contributed by atoms with Crippen LogP contribution >= 0.6 is 0 Å². The van der Waals surface area contributed by atoms with E-state index in [0.717, 1.165) is 5.56 Å². The van der Waals surface area contributed by atoms with Gasteiger partial charge in [-0.05, 0) is 24.6 Å². The maximum atomic E-state index is 12.3. The van der Waals surface area contributed by atoms with E-state index in [0.29, 0.717) is 16.9 Å². The SMILES string of the molecule is COc1ccc(C)c(C(=O)c2ccccc2)c1. The average molecular weight is 226 g/mol. The van der Waals surface area contributed by atoms with Crippen molar-refractivity contribution in [3.05, 3.63) is 65.2 Å². The van der Waals surface area contributed by atoms with Crippen molar-refractivity contribution in [2.45, 2.75) is 6.92 Å². The van der Waals surface area contributed by atoms with Gasteiger partial charge >= 0.3 is 0 Å². The quantitative estimate of drug-likeness (QED) is 0.751. The highest BCUT2D eigenvalue weighted by Crippen LogP contribution is 2.20. The molecule has 0 saturated heterocycles. The van der Waals surface area contributed by atoms with Crippen molar-refractivity contribution in [2.75, 3.05) is 7.11 Å². The summed E-state index contributed by atoms with van der Waals surface area (Å²) in [6.45, 7) is 1.93. The van der Waals surface area contributed by atoms with E-state index in [1.54, 1.807) is 13.2 Å². The Balaban J connectivity index is 2.44. The first kappa shape index (κ1) is 11.4. The Kier molecular flexibility index (Phi) is 3.24. The summed E-state index contributed by atoms with van der Waals surface area (Å²) in [5.41, 5.74) is 2.35. The van der Waals surface area contributed by atoms with Crippen LogP contribution < -0.4 is 4.74 Å². The highest BCUT2D eigenvalue weighted by Gasteiger charge is 2.12. The van der Waals surface area contributed by atoms with E-state index in [4.69, 9.17) is 4.74 Å². The molecule has 0 aromatic heterocycles. The minimum atomic E-state index is 0.0296. The molecule has 0 saturated carbocycles. The highest BCUT2D eigenvalue weighted by atomic mass is 16.5. The van der Waals surface area contributed by atoms with Gasteiger partial charge in [0.15, 0.2) is 5.78 Å². The fraction of sp³-hybridized carbons (Fsp3) is 0.133. The molecule has 0 aliphatic rings. The summed E-state index contributed by atoms with van der Waals surface area (Å²) < 4.78 is 5.14. The van der Waals surface area contributed by atoms with Crippen molar-refractivity contribution in [2.24, 2.45) is 0 Å². The van der Waals surface area contributed by atoms with Crippen molar-refractivity contribution in [3.8, 4) is 5.75 Å². The van der Waals surface area contributed by atoms with Crippen LogP contribution in [-0.4, -0.2) is 12.9 Å². The molecule has 0 radical (unpaired) electrons. The second kappa shape index (κ2) is 4.83. The largest absolute Gasteiger partial charge is 0.497 e. The molecule has 2 rings (SSSR count). The van der Waals surface area contributed by atoms with Crippen molar-refractivity contribution in [3.63, 3.8) is 0 Å². The third-order valence-electron chi connectivity index (χ3n) is 2.73. The Morgan fingerprint density at radius 2 is 1.76 bits per heavy atom. The second-order valence-electron chi connectivity index (χ2n) is 3.88. The molecule has 17 heavy (non-hydrogen) atoms.